The summed E-state index contributed by atoms with van der Waals surface area (Å²) in [5.41, 5.74) is 9.76. The first-order valence-electron chi connectivity index (χ1n) is 7.26. The van der Waals surface area contributed by atoms with Crippen LogP contribution in [0.3, 0.4) is 0 Å². The molecule has 3 rings (SSSR count). The van der Waals surface area contributed by atoms with Gasteiger partial charge in [-0.05, 0) is 36.8 Å². The van der Waals surface area contributed by atoms with E-state index in [0.717, 1.165) is 40.9 Å². The minimum Gasteiger partial charge on any atom is -0.397 e. The fraction of sp³-hybridized carbons (Fsp3) is 0.562. The summed E-state index contributed by atoms with van der Waals surface area (Å²) < 4.78 is 1.19. The molecule has 1 aromatic carbocycles. The van der Waals surface area contributed by atoms with E-state index in [2.05, 4.69) is 42.8 Å². The monoisotopic (exact) mass is 289 g/mol. The number of hydrogen-bond donors (Lipinski definition) is 1. The number of nitrogen functional groups attached to an aromatic ring is 1. The minimum absolute atomic E-state index is 0.366. The van der Waals surface area contributed by atoms with Crippen molar-refractivity contribution in [2.75, 3.05) is 23.7 Å². The molecule has 0 bridgehead atoms. The molecule has 1 unspecified atom stereocenters. The molecule has 4 heteroatoms. The second-order valence-corrected chi connectivity index (χ2v) is 8.14. The zero-order valence-electron chi connectivity index (χ0n) is 12.7. The Bertz CT molecular complexity index is 639. The van der Waals surface area contributed by atoms with Gasteiger partial charge in [0.05, 0.1) is 26.6 Å². The fourth-order valence-corrected chi connectivity index (χ4v) is 3.91. The van der Waals surface area contributed by atoms with E-state index >= 15 is 0 Å². The van der Waals surface area contributed by atoms with Gasteiger partial charge in [0, 0.05) is 13.1 Å². The first-order chi connectivity index (χ1) is 9.34. The van der Waals surface area contributed by atoms with Crippen LogP contribution in [0.2, 0.25) is 0 Å². The molecule has 1 saturated heterocycles. The molecule has 1 atom stereocenters. The smallest absolute Gasteiger partial charge is 0.0907 e. The predicted octanol–water partition coefficient (Wildman–Crippen LogP) is 4.06. The largest absolute Gasteiger partial charge is 0.397 e. The third kappa shape index (κ3) is 2.37. The number of rotatable bonds is 1. The third-order valence-corrected chi connectivity index (χ3v) is 5.33. The standard InChI is InChI=1S/C16H23N3S/c1-10-18-13-8-14(12(17)7-15(13)20-10)19-6-5-11(9-19)16(2,3)4/h7-8,11H,5-6,9,17H2,1-4H3. The Morgan fingerprint density at radius 3 is 2.75 bits per heavy atom. The van der Waals surface area contributed by atoms with Gasteiger partial charge in [-0.2, -0.15) is 0 Å². The lowest BCUT2D eigenvalue weighted by molar-refractivity contribution is 0.263. The Hall–Kier alpha value is -1.29. The lowest BCUT2D eigenvalue weighted by Gasteiger charge is -2.28. The first kappa shape index (κ1) is 13.7. The Morgan fingerprint density at radius 1 is 1.35 bits per heavy atom. The lowest BCUT2D eigenvalue weighted by Crippen LogP contribution is -2.26. The van der Waals surface area contributed by atoms with Crippen LogP contribution in [0.25, 0.3) is 10.2 Å². The summed E-state index contributed by atoms with van der Waals surface area (Å²) in [5, 5.41) is 1.10. The summed E-state index contributed by atoms with van der Waals surface area (Å²) in [4.78, 5) is 7.02. The molecule has 2 N–H and O–H groups in total. The molecule has 1 aliphatic heterocycles. The van der Waals surface area contributed by atoms with E-state index in [9.17, 15) is 0 Å². The molecule has 20 heavy (non-hydrogen) atoms. The van der Waals surface area contributed by atoms with Gasteiger partial charge < -0.3 is 10.6 Å². The average Bonchev–Trinajstić information content (AvgIpc) is 2.92. The molecular weight excluding hydrogens is 266 g/mol. The molecule has 0 spiro atoms. The molecule has 2 heterocycles. The fourth-order valence-electron chi connectivity index (χ4n) is 3.05. The first-order valence-corrected chi connectivity index (χ1v) is 8.08. The van der Waals surface area contributed by atoms with Crippen molar-refractivity contribution in [2.24, 2.45) is 11.3 Å². The van der Waals surface area contributed by atoms with E-state index in [0.29, 0.717) is 5.41 Å². The molecule has 0 amide bonds. The second-order valence-electron chi connectivity index (χ2n) is 6.91. The quantitative estimate of drug-likeness (QED) is 0.805. The zero-order valence-corrected chi connectivity index (χ0v) is 13.5. The van der Waals surface area contributed by atoms with Crippen molar-refractivity contribution in [3.05, 3.63) is 17.1 Å². The van der Waals surface area contributed by atoms with E-state index in [4.69, 9.17) is 5.73 Å². The lowest BCUT2D eigenvalue weighted by atomic mass is 9.80. The average molecular weight is 289 g/mol. The summed E-state index contributed by atoms with van der Waals surface area (Å²) >= 11 is 1.71. The van der Waals surface area contributed by atoms with Crippen LogP contribution in [-0.4, -0.2) is 18.1 Å². The molecule has 1 fully saturated rings. The van der Waals surface area contributed by atoms with Crippen molar-refractivity contribution in [1.82, 2.24) is 4.98 Å². The summed E-state index contributed by atoms with van der Waals surface area (Å²) in [7, 11) is 0. The van der Waals surface area contributed by atoms with Crippen LogP contribution in [0.15, 0.2) is 12.1 Å². The Kier molecular flexibility index (Phi) is 3.16. The van der Waals surface area contributed by atoms with Crippen molar-refractivity contribution in [1.29, 1.82) is 0 Å². The van der Waals surface area contributed by atoms with Gasteiger partial charge in [0.15, 0.2) is 0 Å². The van der Waals surface area contributed by atoms with Gasteiger partial charge in [-0.1, -0.05) is 20.8 Å². The van der Waals surface area contributed by atoms with E-state index in [1.54, 1.807) is 11.3 Å². The highest BCUT2D eigenvalue weighted by Gasteiger charge is 2.32. The molecular formula is C16H23N3S. The van der Waals surface area contributed by atoms with Crippen LogP contribution in [0, 0.1) is 18.3 Å². The number of aromatic nitrogens is 1. The molecule has 3 nitrogen and oxygen atoms in total. The second kappa shape index (κ2) is 4.62. The summed E-state index contributed by atoms with van der Waals surface area (Å²) in [6.07, 6.45) is 1.25. The summed E-state index contributed by atoms with van der Waals surface area (Å²) in [6, 6.07) is 4.25. The number of aryl methyl sites for hydroxylation is 1. The molecule has 1 aliphatic rings. The molecule has 1 aromatic heterocycles. The predicted molar refractivity (Wildman–Crippen MR) is 88.5 cm³/mol. The van der Waals surface area contributed by atoms with Crippen molar-refractivity contribution < 1.29 is 0 Å². The highest BCUT2D eigenvalue weighted by Crippen LogP contribution is 2.39. The van der Waals surface area contributed by atoms with Crippen LogP contribution in [-0.2, 0) is 0 Å². The number of fused-ring (bicyclic) bond motifs is 1. The van der Waals surface area contributed by atoms with Gasteiger partial charge >= 0.3 is 0 Å². The number of thiazole rings is 1. The maximum atomic E-state index is 6.27. The van der Waals surface area contributed by atoms with Gasteiger partial charge in [0.1, 0.15) is 0 Å². The van der Waals surface area contributed by atoms with Crippen LogP contribution in [0.5, 0.6) is 0 Å². The van der Waals surface area contributed by atoms with E-state index in [1.165, 1.54) is 11.1 Å². The normalized spacial score (nSPS) is 20.0. The number of nitrogens with zero attached hydrogens (tertiary/aromatic N) is 2. The SMILES string of the molecule is Cc1nc2cc(N3CCC(C(C)(C)C)C3)c(N)cc2s1. The Labute approximate surface area is 124 Å². The Balaban J connectivity index is 1.93. The molecule has 0 radical (unpaired) electrons. The molecule has 0 saturated carbocycles. The van der Waals surface area contributed by atoms with Gasteiger partial charge in [0.2, 0.25) is 0 Å². The summed E-state index contributed by atoms with van der Waals surface area (Å²) in [6.45, 7) is 11.2. The molecule has 108 valence electrons. The zero-order chi connectivity index (χ0) is 14.5. The van der Waals surface area contributed by atoms with E-state index in [-0.39, 0.29) is 0 Å². The van der Waals surface area contributed by atoms with Gasteiger partial charge in [-0.3, -0.25) is 0 Å². The van der Waals surface area contributed by atoms with Gasteiger partial charge in [0.25, 0.3) is 0 Å². The van der Waals surface area contributed by atoms with Crippen LogP contribution < -0.4 is 10.6 Å². The number of benzene rings is 1. The van der Waals surface area contributed by atoms with Gasteiger partial charge in [-0.25, -0.2) is 4.98 Å². The van der Waals surface area contributed by atoms with Crippen molar-refractivity contribution in [3.63, 3.8) is 0 Å². The minimum atomic E-state index is 0.366. The summed E-state index contributed by atoms with van der Waals surface area (Å²) in [5.74, 6) is 0.731. The van der Waals surface area contributed by atoms with Crippen LogP contribution >= 0.6 is 11.3 Å². The van der Waals surface area contributed by atoms with E-state index < -0.39 is 0 Å². The third-order valence-electron chi connectivity index (χ3n) is 4.40. The van der Waals surface area contributed by atoms with E-state index in [1.807, 2.05) is 6.92 Å². The van der Waals surface area contributed by atoms with Crippen molar-refractivity contribution >= 4 is 32.9 Å². The topological polar surface area (TPSA) is 42.2 Å². The molecule has 0 aliphatic carbocycles. The number of hydrogen-bond acceptors (Lipinski definition) is 4. The van der Waals surface area contributed by atoms with Crippen molar-refractivity contribution in [2.45, 2.75) is 34.1 Å². The van der Waals surface area contributed by atoms with Gasteiger partial charge in [-0.15, -0.1) is 11.3 Å². The number of anilines is 2. The van der Waals surface area contributed by atoms with Crippen LogP contribution in [0.4, 0.5) is 11.4 Å². The maximum Gasteiger partial charge on any atom is 0.0907 e. The van der Waals surface area contributed by atoms with Crippen molar-refractivity contribution in [3.8, 4) is 0 Å². The van der Waals surface area contributed by atoms with Crippen LogP contribution in [0.1, 0.15) is 32.2 Å². The highest BCUT2D eigenvalue weighted by molar-refractivity contribution is 7.18. The maximum absolute atomic E-state index is 6.27. The number of nitrogens with two attached hydrogens (primary N) is 1. The highest BCUT2D eigenvalue weighted by atomic mass is 32.1. The Morgan fingerprint density at radius 2 is 2.10 bits per heavy atom. The molecule has 2 aromatic rings.